The number of carbonyl (C=O) groups excluding carboxylic acids is 1. The number of amides is 1. The molecule has 116 valence electrons. The minimum absolute atomic E-state index is 0.164. The third-order valence-electron chi connectivity index (χ3n) is 4.85. The van der Waals surface area contributed by atoms with E-state index in [0.29, 0.717) is 6.04 Å². The van der Waals surface area contributed by atoms with Gasteiger partial charge in [-0.1, -0.05) is 19.8 Å². The molecule has 2 fully saturated rings. The van der Waals surface area contributed by atoms with Gasteiger partial charge in [0, 0.05) is 31.1 Å². The molecule has 3 N–H and O–H groups in total. The van der Waals surface area contributed by atoms with Crippen LogP contribution in [0.25, 0.3) is 0 Å². The van der Waals surface area contributed by atoms with Crippen molar-refractivity contribution in [2.24, 2.45) is 11.7 Å². The lowest BCUT2D eigenvalue weighted by atomic mass is 9.85. The summed E-state index contributed by atoms with van der Waals surface area (Å²) in [4.78, 5) is 14.8. The first-order valence-corrected chi connectivity index (χ1v) is 8.47. The minimum Gasteiger partial charge on any atom is -0.353 e. The van der Waals surface area contributed by atoms with Gasteiger partial charge in [0.2, 0.25) is 5.91 Å². The number of unbranched alkanes of at least 4 members (excludes halogenated alkanes) is 1. The molecule has 2 unspecified atom stereocenters. The van der Waals surface area contributed by atoms with Crippen molar-refractivity contribution >= 4 is 5.91 Å². The van der Waals surface area contributed by atoms with Gasteiger partial charge in [-0.15, -0.1) is 0 Å². The number of nitrogens with one attached hydrogen (secondary N) is 1. The number of carbonyl (C=O) groups is 1. The van der Waals surface area contributed by atoms with Crippen LogP contribution >= 0.6 is 0 Å². The van der Waals surface area contributed by atoms with E-state index < -0.39 is 0 Å². The van der Waals surface area contributed by atoms with Crippen LogP contribution in [0.3, 0.4) is 0 Å². The highest BCUT2D eigenvalue weighted by atomic mass is 16.1. The Morgan fingerprint density at radius 2 is 2.00 bits per heavy atom. The first kappa shape index (κ1) is 15.8. The standard InChI is InChI=1S/C16H31N3O/c1-2-3-9-19-10-7-15(8-11-19)18-16(20)13-5-4-6-14(17)12-13/h13-15H,2-12,17H2,1H3,(H,18,20). The van der Waals surface area contributed by atoms with Gasteiger partial charge in [-0.2, -0.15) is 0 Å². The topological polar surface area (TPSA) is 58.4 Å². The Bertz CT molecular complexity index is 300. The molecule has 1 aliphatic carbocycles. The lowest BCUT2D eigenvalue weighted by Gasteiger charge is -2.34. The zero-order chi connectivity index (χ0) is 14.4. The van der Waals surface area contributed by atoms with E-state index in [2.05, 4.69) is 17.1 Å². The fourth-order valence-electron chi connectivity index (χ4n) is 3.47. The van der Waals surface area contributed by atoms with Crippen LogP contribution in [0.4, 0.5) is 0 Å². The molecule has 0 radical (unpaired) electrons. The van der Waals surface area contributed by atoms with E-state index in [1.165, 1.54) is 19.4 Å². The molecule has 4 nitrogen and oxygen atoms in total. The smallest absolute Gasteiger partial charge is 0.223 e. The molecule has 0 bridgehead atoms. The number of piperidine rings is 1. The predicted molar refractivity (Wildman–Crippen MR) is 82.4 cm³/mol. The second kappa shape index (κ2) is 7.99. The molecule has 0 aromatic rings. The van der Waals surface area contributed by atoms with Crippen LogP contribution in [0, 0.1) is 5.92 Å². The molecular weight excluding hydrogens is 250 g/mol. The van der Waals surface area contributed by atoms with Crippen LogP contribution in [0.5, 0.6) is 0 Å². The number of hydrogen-bond acceptors (Lipinski definition) is 3. The summed E-state index contributed by atoms with van der Waals surface area (Å²) in [6, 6.07) is 0.619. The van der Waals surface area contributed by atoms with Gasteiger partial charge in [0.25, 0.3) is 0 Å². The quantitative estimate of drug-likeness (QED) is 0.809. The summed E-state index contributed by atoms with van der Waals surface area (Å²) >= 11 is 0. The van der Waals surface area contributed by atoms with Crippen molar-refractivity contribution in [3.05, 3.63) is 0 Å². The minimum atomic E-state index is 0.164. The van der Waals surface area contributed by atoms with Crippen molar-refractivity contribution in [3.63, 3.8) is 0 Å². The monoisotopic (exact) mass is 281 g/mol. The van der Waals surface area contributed by atoms with Gasteiger partial charge in [-0.25, -0.2) is 0 Å². The molecule has 0 aromatic carbocycles. The molecule has 0 spiro atoms. The van der Waals surface area contributed by atoms with Crippen molar-refractivity contribution in [1.82, 2.24) is 10.2 Å². The molecule has 1 aliphatic heterocycles. The highest BCUT2D eigenvalue weighted by Gasteiger charge is 2.28. The van der Waals surface area contributed by atoms with Crippen LogP contribution in [0.2, 0.25) is 0 Å². The lowest BCUT2D eigenvalue weighted by Crippen LogP contribution is -2.47. The number of rotatable bonds is 5. The molecule has 1 saturated carbocycles. The molecule has 1 saturated heterocycles. The third kappa shape index (κ3) is 4.74. The van der Waals surface area contributed by atoms with E-state index in [9.17, 15) is 4.79 Å². The van der Waals surface area contributed by atoms with Gasteiger partial charge in [0.05, 0.1) is 0 Å². The molecule has 20 heavy (non-hydrogen) atoms. The maximum Gasteiger partial charge on any atom is 0.223 e. The Morgan fingerprint density at radius 3 is 2.65 bits per heavy atom. The highest BCUT2D eigenvalue weighted by molar-refractivity contribution is 5.79. The number of hydrogen-bond donors (Lipinski definition) is 2. The maximum atomic E-state index is 12.3. The third-order valence-corrected chi connectivity index (χ3v) is 4.85. The lowest BCUT2D eigenvalue weighted by molar-refractivity contribution is -0.127. The van der Waals surface area contributed by atoms with Crippen LogP contribution in [0.1, 0.15) is 58.3 Å². The summed E-state index contributed by atoms with van der Waals surface area (Å²) in [7, 11) is 0. The average Bonchev–Trinajstić information content (AvgIpc) is 2.46. The van der Waals surface area contributed by atoms with Crippen molar-refractivity contribution < 1.29 is 4.79 Å². The summed E-state index contributed by atoms with van der Waals surface area (Å²) in [5.74, 6) is 0.420. The summed E-state index contributed by atoms with van der Waals surface area (Å²) in [6.45, 7) is 5.72. The molecule has 0 aromatic heterocycles. The Balaban J connectivity index is 1.68. The van der Waals surface area contributed by atoms with E-state index in [1.807, 2.05) is 0 Å². The number of likely N-dealkylation sites (tertiary alicyclic amines) is 1. The highest BCUT2D eigenvalue weighted by Crippen LogP contribution is 2.23. The van der Waals surface area contributed by atoms with Crippen molar-refractivity contribution in [2.75, 3.05) is 19.6 Å². The maximum absolute atomic E-state index is 12.3. The van der Waals surface area contributed by atoms with Gasteiger partial charge in [-0.3, -0.25) is 4.79 Å². The van der Waals surface area contributed by atoms with Crippen molar-refractivity contribution in [3.8, 4) is 0 Å². The average molecular weight is 281 g/mol. The SMILES string of the molecule is CCCCN1CCC(NC(=O)C2CCCC(N)C2)CC1. The first-order chi connectivity index (χ1) is 9.69. The fourth-order valence-corrected chi connectivity index (χ4v) is 3.47. The molecule has 1 amide bonds. The van der Waals surface area contributed by atoms with E-state index >= 15 is 0 Å². The van der Waals surface area contributed by atoms with Gasteiger partial charge in [0.1, 0.15) is 0 Å². The van der Waals surface area contributed by atoms with E-state index in [1.54, 1.807) is 0 Å². The van der Waals surface area contributed by atoms with Crippen LogP contribution in [0.15, 0.2) is 0 Å². The van der Waals surface area contributed by atoms with Crippen molar-refractivity contribution in [2.45, 2.75) is 70.4 Å². The van der Waals surface area contributed by atoms with Crippen LogP contribution in [-0.2, 0) is 4.79 Å². The molecule has 2 rings (SSSR count). The summed E-state index contributed by atoms with van der Waals surface area (Å²) < 4.78 is 0. The molecule has 2 aliphatic rings. The second-order valence-corrected chi connectivity index (χ2v) is 6.60. The molecule has 2 atom stereocenters. The van der Waals surface area contributed by atoms with E-state index in [0.717, 1.165) is 51.6 Å². The zero-order valence-electron chi connectivity index (χ0n) is 12.9. The Hall–Kier alpha value is -0.610. The van der Waals surface area contributed by atoms with E-state index in [-0.39, 0.29) is 17.9 Å². The second-order valence-electron chi connectivity index (χ2n) is 6.60. The van der Waals surface area contributed by atoms with Gasteiger partial charge < -0.3 is 16.0 Å². The Labute approximate surface area is 123 Å². The molecule has 4 heteroatoms. The predicted octanol–water partition coefficient (Wildman–Crippen LogP) is 1.88. The van der Waals surface area contributed by atoms with Gasteiger partial charge in [0.15, 0.2) is 0 Å². The van der Waals surface area contributed by atoms with Gasteiger partial charge >= 0.3 is 0 Å². The van der Waals surface area contributed by atoms with Crippen LogP contribution in [-0.4, -0.2) is 42.5 Å². The van der Waals surface area contributed by atoms with Crippen molar-refractivity contribution in [1.29, 1.82) is 0 Å². The van der Waals surface area contributed by atoms with E-state index in [4.69, 9.17) is 5.73 Å². The number of nitrogens with two attached hydrogens (primary N) is 1. The number of nitrogens with zero attached hydrogens (tertiary/aromatic N) is 1. The van der Waals surface area contributed by atoms with Gasteiger partial charge in [-0.05, 0) is 45.1 Å². The Kier molecular flexibility index (Phi) is 6.30. The summed E-state index contributed by atoms with van der Waals surface area (Å²) in [6.07, 6.45) is 8.85. The first-order valence-electron chi connectivity index (χ1n) is 8.47. The molecule has 1 heterocycles. The summed E-state index contributed by atoms with van der Waals surface area (Å²) in [5.41, 5.74) is 5.97. The normalized spacial score (nSPS) is 29.3. The zero-order valence-corrected chi connectivity index (χ0v) is 12.9. The molecular formula is C16H31N3O. The fraction of sp³-hybridized carbons (Fsp3) is 0.938. The summed E-state index contributed by atoms with van der Waals surface area (Å²) in [5, 5.41) is 3.26. The Morgan fingerprint density at radius 1 is 1.25 bits per heavy atom. The largest absolute Gasteiger partial charge is 0.353 e. The van der Waals surface area contributed by atoms with Crippen LogP contribution < -0.4 is 11.1 Å².